The molecule has 0 spiro atoms. The van der Waals surface area contributed by atoms with Gasteiger partial charge < -0.3 is 10.2 Å². The molecule has 0 saturated carbocycles. The van der Waals surface area contributed by atoms with Crippen LogP contribution in [0.5, 0.6) is 11.5 Å². The Balaban J connectivity index is 2.47. The van der Waals surface area contributed by atoms with Crippen LogP contribution >= 0.6 is 0 Å². The van der Waals surface area contributed by atoms with Gasteiger partial charge in [-0.05, 0) is 129 Å². The van der Waals surface area contributed by atoms with Crippen molar-refractivity contribution in [2.45, 2.75) is 133 Å². The van der Waals surface area contributed by atoms with Crippen molar-refractivity contribution in [2.75, 3.05) is 0 Å². The van der Waals surface area contributed by atoms with Gasteiger partial charge in [0.1, 0.15) is 11.5 Å². The fourth-order valence-electron chi connectivity index (χ4n) is 7.24. The van der Waals surface area contributed by atoms with E-state index in [4.69, 9.17) is 0 Å². The summed E-state index contributed by atoms with van der Waals surface area (Å²) < 4.78 is 0. The Hall–Kier alpha value is -2.74. The molecule has 3 aromatic carbocycles. The van der Waals surface area contributed by atoms with Gasteiger partial charge in [-0.2, -0.15) is 0 Å². The van der Waals surface area contributed by atoms with Gasteiger partial charge in [0.05, 0.1) is 0 Å². The highest BCUT2D eigenvalue weighted by molar-refractivity contribution is 5.60. The van der Waals surface area contributed by atoms with Crippen molar-refractivity contribution >= 4 is 0 Å². The zero-order valence-electron chi connectivity index (χ0n) is 29.5. The lowest BCUT2D eigenvalue weighted by Crippen LogP contribution is -2.29. The van der Waals surface area contributed by atoms with Gasteiger partial charge in [0, 0.05) is 11.8 Å². The fraction of sp³-hybridized carbons (Fsp3) is 0.550. The van der Waals surface area contributed by atoms with E-state index in [0.29, 0.717) is 11.5 Å². The standard InChI is InChI=1S/C40H58O2/c1-23-24(2)34(36(40(14,15)16)30-20-18-28(42)22-32(30)38(8,9)10)26(4)25(3)33(23)35(39(11,12)13)29-19-17-27(41)21-31(29)37(5,6)7/h17-22,35-36,41-42H,1-16H3. The molecule has 230 valence electrons. The number of aromatic hydroxyl groups is 2. The predicted octanol–water partition coefficient (Wildman–Crippen LogP) is 11.3. The largest absolute Gasteiger partial charge is 0.508 e. The average molecular weight is 571 g/mol. The number of phenols is 2. The predicted molar refractivity (Wildman–Crippen MR) is 182 cm³/mol. The highest BCUT2D eigenvalue weighted by Crippen LogP contribution is 2.52. The van der Waals surface area contributed by atoms with Gasteiger partial charge in [-0.25, -0.2) is 0 Å². The Morgan fingerprint density at radius 3 is 0.929 bits per heavy atom. The molecule has 0 amide bonds. The van der Waals surface area contributed by atoms with Gasteiger partial charge >= 0.3 is 0 Å². The van der Waals surface area contributed by atoms with E-state index in [-0.39, 0.29) is 33.5 Å². The maximum Gasteiger partial charge on any atom is 0.115 e. The summed E-state index contributed by atoms with van der Waals surface area (Å²) in [6.45, 7) is 36.8. The fourth-order valence-corrected chi connectivity index (χ4v) is 7.24. The second-order valence-electron chi connectivity index (χ2n) is 17.0. The van der Waals surface area contributed by atoms with Crippen LogP contribution in [0.1, 0.15) is 151 Å². The summed E-state index contributed by atoms with van der Waals surface area (Å²) in [5, 5.41) is 21.0. The first-order valence-corrected chi connectivity index (χ1v) is 15.7. The quantitative estimate of drug-likeness (QED) is 0.327. The van der Waals surface area contributed by atoms with Crippen molar-refractivity contribution in [3.8, 4) is 11.5 Å². The third-order valence-electron chi connectivity index (χ3n) is 9.36. The number of hydrogen-bond donors (Lipinski definition) is 2. The molecule has 42 heavy (non-hydrogen) atoms. The molecular formula is C40H58O2. The normalized spacial score (nSPS) is 14.7. The van der Waals surface area contributed by atoms with E-state index in [1.54, 1.807) is 0 Å². The molecule has 2 atom stereocenters. The monoisotopic (exact) mass is 570 g/mol. The SMILES string of the molecule is Cc1c(C)c(C(c2ccc(O)cc2C(C)(C)C)C(C)(C)C)c(C)c(C)c1C(c1ccc(O)cc1C(C)(C)C)C(C)(C)C. The van der Waals surface area contributed by atoms with Crippen LogP contribution in [0.25, 0.3) is 0 Å². The summed E-state index contributed by atoms with van der Waals surface area (Å²) in [6.07, 6.45) is 0. The summed E-state index contributed by atoms with van der Waals surface area (Å²) in [5.74, 6) is 0.962. The summed E-state index contributed by atoms with van der Waals surface area (Å²) in [5.41, 5.74) is 12.9. The van der Waals surface area contributed by atoms with E-state index in [2.05, 4.69) is 123 Å². The molecule has 3 rings (SSSR count). The number of benzene rings is 3. The Kier molecular flexibility index (Phi) is 8.90. The lowest BCUT2D eigenvalue weighted by atomic mass is 9.63. The molecule has 0 aliphatic carbocycles. The molecule has 3 aromatic rings. The molecule has 0 bridgehead atoms. The molecule has 0 aliphatic heterocycles. The van der Waals surface area contributed by atoms with Gasteiger partial charge in [0.25, 0.3) is 0 Å². The summed E-state index contributed by atoms with van der Waals surface area (Å²) in [4.78, 5) is 0. The maximum atomic E-state index is 10.5. The Labute approximate surface area is 257 Å². The van der Waals surface area contributed by atoms with Crippen LogP contribution in [0, 0.1) is 38.5 Å². The lowest BCUT2D eigenvalue weighted by Gasteiger charge is -2.41. The van der Waals surface area contributed by atoms with E-state index < -0.39 is 0 Å². The smallest absolute Gasteiger partial charge is 0.115 e. The zero-order chi connectivity index (χ0) is 32.3. The van der Waals surface area contributed by atoms with Crippen molar-refractivity contribution in [2.24, 2.45) is 10.8 Å². The van der Waals surface area contributed by atoms with Crippen LogP contribution in [0.4, 0.5) is 0 Å². The Morgan fingerprint density at radius 1 is 0.452 bits per heavy atom. The second-order valence-corrected chi connectivity index (χ2v) is 17.0. The van der Waals surface area contributed by atoms with Crippen molar-refractivity contribution in [3.05, 3.63) is 92.0 Å². The molecule has 2 N–H and O–H groups in total. The molecule has 0 aromatic heterocycles. The molecule has 2 heteroatoms. The molecule has 0 heterocycles. The minimum atomic E-state index is -0.108. The van der Waals surface area contributed by atoms with E-state index in [1.165, 1.54) is 55.6 Å². The van der Waals surface area contributed by atoms with Crippen molar-refractivity contribution < 1.29 is 10.2 Å². The third-order valence-corrected chi connectivity index (χ3v) is 9.36. The van der Waals surface area contributed by atoms with Crippen LogP contribution in [-0.4, -0.2) is 10.2 Å². The Bertz CT molecular complexity index is 1320. The van der Waals surface area contributed by atoms with Gasteiger partial charge in [-0.1, -0.05) is 95.2 Å². The minimum Gasteiger partial charge on any atom is -0.508 e. The van der Waals surface area contributed by atoms with Gasteiger partial charge in [-0.3, -0.25) is 0 Å². The average Bonchev–Trinajstić information content (AvgIpc) is 2.81. The first-order chi connectivity index (χ1) is 18.9. The van der Waals surface area contributed by atoms with Crippen molar-refractivity contribution in [1.29, 1.82) is 0 Å². The topological polar surface area (TPSA) is 40.5 Å². The van der Waals surface area contributed by atoms with Crippen LogP contribution in [0.15, 0.2) is 36.4 Å². The van der Waals surface area contributed by atoms with E-state index in [1.807, 2.05) is 24.3 Å². The van der Waals surface area contributed by atoms with E-state index >= 15 is 0 Å². The van der Waals surface area contributed by atoms with E-state index in [0.717, 1.165) is 0 Å². The highest BCUT2D eigenvalue weighted by atomic mass is 16.3. The number of rotatable bonds is 4. The van der Waals surface area contributed by atoms with Gasteiger partial charge in [0.15, 0.2) is 0 Å². The van der Waals surface area contributed by atoms with Crippen molar-refractivity contribution in [1.82, 2.24) is 0 Å². The summed E-state index contributed by atoms with van der Waals surface area (Å²) in [7, 11) is 0. The van der Waals surface area contributed by atoms with Gasteiger partial charge in [-0.15, -0.1) is 0 Å². The highest BCUT2D eigenvalue weighted by Gasteiger charge is 2.39. The first kappa shape index (κ1) is 33.8. The molecule has 0 fully saturated rings. The number of phenolic OH excluding ortho intramolecular Hbond substituents is 2. The number of hydrogen-bond acceptors (Lipinski definition) is 2. The summed E-state index contributed by atoms with van der Waals surface area (Å²) >= 11 is 0. The second kappa shape index (κ2) is 11.1. The minimum absolute atomic E-state index is 0.0489. The van der Waals surface area contributed by atoms with E-state index in [9.17, 15) is 10.2 Å². The molecule has 0 saturated heterocycles. The third kappa shape index (κ3) is 6.43. The first-order valence-electron chi connectivity index (χ1n) is 15.7. The molecular weight excluding hydrogens is 512 g/mol. The molecule has 0 aliphatic rings. The molecule has 2 nitrogen and oxygen atoms in total. The van der Waals surface area contributed by atoms with Crippen LogP contribution in [0.2, 0.25) is 0 Å². The van der Waals surface area contributed by atoms with Crippen LogP contribution in [0.3, 0.4) is 0 Å². The maximum absolute atomic E-state index is 10.5. The van der Waals surface area contributed by atoms with Crippen LogP contribution < -0.4 is 0 Å². The molecule has 0 radical (unpaired) electrons. The summed E-state index contributed by atoms with van der Waals surface area (Å²) in [6, 6.07) is 12.0. The lowest BCUT2D eigenvalue weighted by molar-refractivity contribution is 0.346. The zero-order valence-corrected chi connectivity index (χ0v) is 29.5. The molecule has 2 unspecified atom stereocenters. The van der Waals surface area contributed by atoms with Gasteiger partial charge in [0.2, 0.25) is 0 Å². The Morgan fingerprint density at radius 2 is 0.714 bits per heavy atom. The van der Waals surface area contributed by atoms with Crippen molar-refractivity contribution in [3.63, 3.8) is 0 Å². The van der Waals surface area contributed by atoms with Crippen LogP contribution in [-0.2, 0) is 10.8 Å².